The van der Waals surface area contributed by atoms with Gasteiger partial charge in [0.2, 0.25) is 5.91 Å². The molecule has 2 aromatic carbocycles. The van der Waals surface area contributed by atoms with E-state index in [0.29, 0.717) is 24.4 Å². The summed E-state index contributed by atoms with van der Waals surface area (Å²) in [5, 5.41) is 2.99. The van der Waals surface area contributed by atoms with Crippen LogP contribution < -0.4 is 21.7 Å². The van der Waals surface area contributed by atoms with Gasteiger partial charge in [-0.25, -0.2) is 0 Å². The zero-order chi connectivity index (χ0) is 27.4. The number of aromatic nitrogens is 1. The van der Waals surface area contributed by atoms with Gasteiger partial charge in [-0.05, 0) is 60.5 Å². The van der Waals surface area contributed by atoms with Gasteiger partial charge >= 0.3 is 0 Å². The lowest BCUT2D eigenvalue weighted by atomic mass is 9.99. The van der Waals surface area contributed by atoms with Crippen molar-refractivity contribution in [3.8, 4) is 0 Å². The molecule has 0 radical (unpaired) electrons. The lowest BCUT2D eigenvalue weighted by molar-refractivity contribution is -0.123. The number of primary amides is 1. The van der Waals surface area contributed by atoms with E-state index in [1.165, 1.54) is 4.90 Å². The number of ether oxygens (including phenoxy) is 1. The van der Waals surface area contributed by atoms with E-state index in [2.05, 4.69) is 23.5 Å². The molecule has 2 heterocycles. The maximum Gasteiger partial charge on any atom is 0.273 e. The van der Waals surface area contributed by atoms with Crippen molar-refractivity contribution in [3.63, 3.8) is 0 Å². The highest BCUT2D eigenvalue weighted by Crippen LogP contribution is 2.34. The lowest BCUT2D eigenvalue weighted by Gasteiger charge is -2.32. The first-order chi connectivity index (χ1) is 18.2. The number of anilines is 2. The number of carbonyl (C=O) groups is 3. The van der Waals surface area contributed by atoms with Crippen LogP contribution >= 0.6 is 11.5 Å². The first-order valence-corrected chi connectivity index (χ1v) is 13.4. The summed E-state index contributed by atoms with van der Waals surface area (Å²) in [5.74, 6) is -1.45. The van der Waals surface area contributed by atoms with Gasteiger partial charge in [-0.3, -0.25) is 19.3 Å². The normalized spacial score (nSPS) is 15.8. The Labute approximate surface area is 226 Å². The maximum atomic E-state index is 14.1. The average Bonchev–Trinajstić information content (AvgIpc) is 3.56. The van der Waals surface area contributed by atoms with Crippen molar-refractivity contribution in [2.75, 3.05) is 23.8 Å². The summed E-state index contributed by atoms with van der Waals surface area (Å²) >= 11 is 0.785. The Kier molecular flexibility index (Phi) is 8.43. The Hall–Kier alpha value is -3.76. The molecule has 3 aromatic rings. The van der Waals surface area contributed by atoms with Crippen LogP contribution in [0.15, 0.2) is 48.5 Å². The SMILES string of the molecule is Cc1ccc([C@@H](C(=O)NC[C@@H]2CCCO2)N(C(=O)c2snc(C(N)=O)c2N)c2ccc(C(C)C)cc2)cc1. The zero-order valence-electron chi connectivity index (χ0n) is 21.8. The molecule has 200 valence electrons. The van der Waals surface area contributed by atoms with Crippen LogP contribution in [0.3, 0.4) is 0 Å². The number of nitrogens with one attached hydrogen (secondary N) is 1. The fraction of sp³-hybridized carbons (Fsp3) is 0.357. The minimum atomic E-state index is -1.02. The van der Waals surface area contributed by atoms with E-state index in [4.69, 9.17) is 16.2 Å². The topological polar surface area (TPSA) is 141 Å². The van der Waals surface area contributed by atoms with Crippen LogP contribution in [0.25, 0.3) is 0 Å². The van der Waals surface area contributed by atoms with Gasteiger partial charge in [0.25, 0.3) is 11.8 Å². The fourth-order valence-electron chi connectivity index (χ4n) is 4.42. The minimum absolute atomic E-state index is 0.0378. The highest BCUT2D eigenvalue weighted by molar-refractivity contribution is 7.09. The second-order valence-electron chi connectivity index (χ2n) is 9.75. The highest BCUT2D eigenvalue weighted by atomic mass is 32.1. The predicted molar refractivity (Wildman–Crippen MR) is 148 cm³/mol. The van der Waals surface area contributed by atoms with Crippen molar-refractivity contribution in [1.82, 2.24) is 9.69 Å². The molecule has 0 saturated carbocycles. The number of hydrogen-bond donors (Lipinski definition) is 3. The highest BCUT2D eigenvalue weighted by Gasteiger charge is 2.36. The van der Waals surface area contributed by atoms with Crippen LogP contribution in [0.2, 0.25) is 0 Å². The molecule has 0 spiro atoms. The van der Waals surface area contributed by atoms with Gasteiger partial charge in [0, 0.05) is 18.8 Å². The zero-order valence-corrected chi connectivity index (χ0v) is 22.6. The van der Waals surface area contributed by atoms with Crippen LogP contribution in [0, 0.1) is 6.92 Å². The molecule has 0 bridgehead atoms. The molecule has 5 N–H and O–H groups in total. The quantitative estimate of drug-likeness (QED) is 0.379. The number of nitrogens with zero attached hydrogens (tertiary/aromatic N) is 2. The van der Waals surface area contributed by atoms with Crippen LogP contribution in [0.5, 0.6) is 0 Å². The van der Waals surface area contributed by atoms with Crippen LogP contribution in [0.1, 0.15) is 75.5 Å². The summed E-state index contributed by atoms with van der Waals surface area (Å²) in [6.07, 6.45) is 1.74. The predicted octanol–water partition coefficient (Wildman–Crippen LogP) is 3.94. The number of rotatable bonds is 9. The first kappa shape index (κ1) is 27.3. The van der Waals surface area contributed by atoms with Gasteiger partial charge < -0.3 is 21.5 Å². The number of benzene rings is 2. The van der Waals surface area contributed by atoms with Crippen LogP contribution in [0.4, 0.5) is 11.4 Å². The Balaban J connectivity index is 1.81. The minimum Gasteiger partial charge on any atom is -0.395 e. The van der Waals surface area contributed by atoms with Crippen LogP contribution in [-0.4, -0.2) is 41.4 Å². The van der Waals surface area contributed by atoms with Gasteiger partial charge in [-0.1, -0.05) is 55.8 Å². The standard InChI is InChI=1S/C28H33N5O4S/c1-16(2)18-10-12-20(13-11-18)33(28(36)25-22(29)23(26(30)34)32-38-25)24(19-8-6-17(3)7-9-19)27(35)31-15-21-5-4-14-37-21/h6-13,16,21,24H,4-5,14-15,29H2,1-3H3,(H2,30,34)(H,31,35)/t21-,24-/m0/s1. The summed E-state index contributed by atoms with van der Waals surface area (Å²) in [4.78, 5) is 41.2. The van der Waals surface area contributed by atoms with Crippen molar-refractivity contribution in [2.24, 2.45) is 5.73 Å². The molecule has 1 aliphatic rings. The molecular weight excluding hydrogens is 502 g/mol. The second-order valence-corrected chi connectivity index (χ2v) is 10.5. The Morgan fingerprint density at radius 2 is 1.76 bits per heavy atom. The van der Waals surface area contributed by atoms with Gasteiger partial charge in [-0.2, -0.15) is 4.37 Å². The fourth-order valence-corrected chi connectivity index (χ4v) is 5.17. The van der Waals surface area contributed by atoms with Crippen molar-refractivity contribution in [3.05, 3.63) is 75.8 Å². The number of amides is 3. The van der Waals surface area contributed by atoms with Crippen molar-refractivity contribution < 1.29 is 19.1 Å². The smallest absolute Gasteiger partial charge is 0.273 e. The van der Waals surface area contributed by atoms with Crippen molar-refractivity contribution in [1.29, 1.82) is 0 Å². The first-order valence-electron chi connectivity index (χ1n) is 12.6. The molecule has 9 nitrogen and oxygen atoms in total. The largest absolute Gasteiger partial charge is 0.395 e. The number of carbonyl (C=O) groups excluding carboxylic acids is 3. The number of aryl methyl sites for hydroxylation is 1. The third-order valence-electron chi connectivity index (χ3n) is 6.64. The molecule has 2 atom stereocenters. The molecule has 1 fully saturated rings. The summed E-state index contributed by atoms with van der Waals surface area (Å²) in [7, 11) is 0. The molecule has 10 heteroatoms. The molecule has 4 rings (SSSR count). The Bertz CT molecular complexity index is 1300. The van der Waals surface area contributed by atoms with E-state index in [9.17, 15) is 14.4 Å². The second kappa shape index (κ2) is 11.7. The molecule has 1 saturated heterocycles. The third kappa shape index (κ3) is 5.87. The molecule has 38 heavy (non-hydrogen) atoms. The molecule has 0 unspecified atom stereocenters. The summed E-state index contributed by atoms with van der Waals surface area (Å²) in [6.45, 7) is 7.11. The number of nitrogen functional groups attached to an aromatic ring is 1. The average molecular weight is 536 g/mol. The Morgan fingerprint density at radius 3 is 2.32 bits per heavy atom. The summed E-state index contributed by atoms with van der Waals surface area (Å²) in [6, 6.07) is 13.9. The van der Waals surface area contributed by atoms with Gasteiger partial charge in [-0.15, -0.1) is 0 Å². The third-order valence-corrected chi connectivity index (χ3v) is 7.49. The van der Waals surface area contributed by atoms with E-state index in [1.54, 1.807) is 0 Å². The molecular formula is C28H33N5O4S. The van der Waals surface area contributed by atoms with Gasteiger partial charge in [0.05, 0.1) is 11.8 Å². The maximum absolute atomic E-state index is 14.1. The number of nitrogens with two attached hydrogens (primary N) is 2. The van der Waals surface area contributed by atoms with E-state index >= 15 is 0 Å². The number of hydrogen-bond acceptors (Lipinski definition) is 7. The van der Waals surface area contributed by atoms with Crippen molar-refractivity contribution in [2.45, 2.75) is 51.7 Å². The monoisotopic (exact) mass is 535 g/mol. The van der Waals surface area contributed by atoms with E-state index < -0.39 is 17.9 Å². The van der Waals surface area contributed by atoms with Gasteiger partial charge in [0.1, 0.15) is 10.9 Å². The Morgan fingerprint density at radius 1 is 1.11 bits per heavy atom. The van der Waals surface area contributed by atoms with Crippen LogP contribution in [-0.2, 0) is 9.53 Å². The molecule has 1 aromatic heterocycles. The van der Waals surface area contributed by atoms with Gasteiger partial charge in [0.15, 0.2) is 5.69 Å². The summed E-state index contributed by atoms with van der Waals surface area (Å²) in [5.41, 5.74) is 14.5. The molecule has 0 aliphatic carbocycles. The van der Waals surface area contributed by atoms with E-state index in [-0.39, 0.29) is 34.2 Å². The van der Waals surface area contributed by atoms with E-state index in [1.807, 2.05) is 55.5 Å². The summed E-state index contributed by atoms with van der Waals surface area (Å²) < 4.78 is 9.69. The van der Waals surface area contributed by atoms with Crippen molar-refractivity contribution >= 4 is 40.6 Å². The molecule has 1 aliphatic heterocycles. The lowest BCUT2D eigenvalue weighted by Crippen LogP contribution is -2.45. The van der Waals surface area contributed by atoms with E-state index in [0.717, 1.165) is 35.5 Å². The molecule has 3 amide bonds.